The van der Waals surface area contributed by atoms with Gasteiger partial charge in [0, 0.05) is 17.8 Å². The van der Waals surface area contributed by atoms with Crippen LogP contribution in [0.4, 0.5) is 18.9 Å². The van der Waals surface area contributed by atoms with Gasteiger partial charge in [-0.3, -0.25) is 9.20 Å². The van der Waals surface area contributed by atoms with Gasteiger partial charge in [-0.2, -0.15) is 13.2 Å². The number of rotatable bonds is 2. The molecule has 0 fully saturated rings. The van der Waals surface area contributed by atoms with Crippen LogP contribution < -0.4 is 5.32 Å². The first-order valence-corrected chi connectivity index (χ1v) is 6.73. The maximum Gasteiger partial charge on any atom is 0.418 e. The standard InChI is InChI=1S/C13H8F3N3OS/c14-13(15,16)8-3-1-2-4-9(8)17-11(20)10-7-19-5-6-21-12(19)18-10/h1-7H,(H,17,20). The van der Waals surface area contributed by atoms with Crippen molar-refractivity contribution in [1.29, 1.82) is 0 Å². The van der Waals surface area contributed by atoms with E-state index in [9.17, 15) is 18.0 Å². The van der Waals surface area contributed by atoms with Gasteiger partial charge in [0.15, 0.2) is 4.96 Å². The van der Waals surface area contributed by atoms with E-state index in [1.807, 2.05) is 0 Å². The molecule has 0 spiro atoms. The number of amides is 1. The minimum atomic E-state index is -4.53. The van der Waals surface area contributed by atoms with Crippen molar-refractivity contribution >= 4 is 27.9 Å². The number of aromatic nitrogens is 2. The maximum atomic E-state index is 12.8. The number of nitrogens with zero attached hydrogens (tertiary/aromatic N) is 2. The Kier molecular flexibility index (Phi) is 3.17. The van der Waals surface area contributed by atoms with Crippen LogP contribution in [0.1, 0.15) is 16.1 Å². The molecule has 0 saturated carbocycles. The van der Waals surface area contributed by atoms with E-state index < -0.39 is 17.6 Å². The average molecular weight is 311 g/mol. The fraction of sp³-hybridized carbons (Fsp3) is 0.0769. The number of hydrogen-bond acceptors (Lipinski definition) is 3. The quantitative estimate of drug-likeness (QED) is 0.785. The molecular formula is C13H8F3N3OS. The van der Waals surface area contributed by atoms with Gasteiger partial charge in [-0.05, 0) is 12.1 Å². The molecule has 0 atom stereocenters. The third kappa shape index (κ3) is 2.62. The van der Waals surface area contributed by atoms with Gasteiger partial charge in [-0.15, -0.1) is 11.3 Å². The Labute approximate surface area is 120 Å². The van der Waals surface area contributed by atoms with Crippen LogP contribution in [0, 0.1) is 0 Å². The van der Waals surface area contributed by atoms with Gasteiger partial charge in [0.05, 0.1) is 11.3 Å². The lowest BCUT2D eigenvalue weighted by molar-refractivity contribution is -0.136. The zero-order valence-corrected chi connectivity index (χ0v) is 11.2. The number of hydrogen-bond donors (Lipinski definition) is 1. The van der Waals surface area contributed by atoms with Crippen molar-refractivity contribution in [3.63, 3.8) is 0 Å². The predicted octanol–water partition coefficient (Wildman–Crippen LogP) is 3.67. The molecule has 1 N–H and O–H groups in total. The van der Waals surface area contributed by atoms with Crippen molar-refractivity contribution in [2.24, 2.45) is 0 Å². The normalized spacial score (nSPS) is 11.8. The number of nitrogens with one attached hydrogen (secondary N) is 1. The van der Waals surface area contributed by atoms with Crippen molar-refractivity contribution < 1.29 is 18.0 Å². The number of thiazole rings is 1. The molecule has 2 heterocycles. The molecule has 0 saturated heterocycles. The Morgan fingerprint density at radius 3 is 2.76 bits per heavy atom. The van der Waals surface area contributed by atoms with Crippen LogP contribution in [0.15, 0.2) is 42.0 Å². The molecule has 8 heteroatoms. The Bertz CT molecular complexity index is 778. The molecular weight excluding hydrogens is 303 g/mol. The third-order valence-electron chi connectivity index (χ3n) is 2.81. The van der Waals surface area contributed by atoms with Gasteiger partial charge >= 0.3 is 6.18 Å². The summed E-state index contributed by atoms with van der Waals surface area (Å²) in [6.45, 7) is 0. The highest BCUT2D eigenvalue weighted by Gasteiger charge is 2.33. The van der Waals surface area contributed by atoms with Crippen LogP contribution in [0.5, 0.6) is 0 Å². The van der Waals surface area contributed by atoms with Crippen molar-refractivity contribution in [2.75, 3.05) is 5.32 Å². The van der Waals surface area contributed by atoms with E-state index in [0.29, 0.717) is 4.96 Å². The van der Waals surface area contributed by atoms with Crippen LogP contribution in [0.3, 0.4) is 0 Å². The number of benzene rings is 1. The Morgan fingerprint density at radius 2 is 2.05 bits per heavy atom. The highest BCUT2D eigenvalue weighted by molar-refractivity contribution is 7.15. The molecule has 108 valence electrons. The number of carbonyl (C=O) groups excluding carboxylic acids is 1. The lowest BCUT2D eigenvalue weighted by Gasteiger charge is -2.12. The Hall–Kier alpha value is -2.35. The molecule has 0 radical (unpaired) electrons. The highest BCUT2D eigenvalue weighted by Crippen LogP contribution is 2.34. The summed E-state index contributed by atoms with van der Waals surface area (Å²) in [5.41, 5.74) is -1.11. The fourth-order valence-electron chi connectivity index (χ4n) is 1.86. The third-order valence-corrected chi connectivity index (χ3v) is 3.58. The van der Waals surface area contributed by atoms with Crippen molar-refractivity contribution in [3.8, 4) is 0 Å². The summed E-state index contributed by atoms with van der Waals surface area (Å²) in [5, 5.41) is 4.05. The molecule has 4 nitrogen and oxygen atoms in total. The Balaban J connectivity index is 1.90. The summed E-state index contributed by atoms with van der Waals surface area (Å²) in [6.07, 6.45) is -1.34. The molecule has 0 aliphatic rings. The van der Waals surface area contributed by atoms with Gasteiger partial charge in [0.25, 0.3) is 5.91 Å². The smallest absolute Gasteiger partial charge is 0.320 e. The van der Waals surface area contributed by atoms with Crippen LogP contribution >= 0.6 is 11.3 Å². The van der Waals surface area contributed by atoms with Crippen LogP contribution in [0.2, 0.25) is 0 Å². The minimum absolute atomic E-state index is 0.0684. The number of fused-ring (bicyclic) bond motifs is 1. The zero-order chi connectivity index (χ0) is 15.0. The average Bonchev–Trinajstić information content (AvgIpc) is 2.98. The minimum Gasteiger partial charge on any atom is -0.320 e. The molecule has 21 heavy (non-hydrogen) atoms. The van der Waals surface area contributed by atoms with Gasteiger partial charge in [-0.25, -0.2) is 4.98 Å². The van der Waals surface area contributed by atoms with Crippen LogP contribution in [-0.2, 0) is 6.18 Å². The van der Waals surface area contributed by atoms with Crippen molar-refractivity contribution in [1.82, 2.24) is 9.38 Å². The molecule has 1 amide bonds. The summed E-state index contributed by atoms with van der Waals surface area (Å²) >= 11 is 1.33. The second kappa shape index (κ2) is 4.88. The molecule has 0 unspecified atom stereocenters. The summed E-state index contributed by atoms with van der Waals surface area (Å²) in [6, 6.07) is 4.82. The Morgan fingerprint density at radius 1 is 1.29 bits per heavy atom. The number of imidazole rings is 1. The monoisotopic (exact) mass is 311 g/mol. The van der Waals surface area contributed by atoms with Crippen molar-refractivity contribution in [2.45, 2.75) is 6.18 Å². The van der Waals surface area contributed by atoms with E-state index in [1.54, 1.807) is 16.0 Å². The summed E-state index contributed by atoms with van der Waals surface area (Å²) in [7, 11) is 0. The van der Waals surface area contributed by atoms with Gasteiger partial charge in [0.1, 0.15) is 5.69 Å². The number of anilines is 1. The van der Waals surface area contributed by atoms with E-state index in [4.69, 9.17) is 0 Å². The van der Waals surface area contributed by atoms with E-state index in [2.05, 4.69) is 10.3 Å². The summed E-state index contributed by atoms with van der Waals surface area (Å²) < 4.78 is 40.2. The first-order chi connectivity index (χ1) is 9.95. The van der Waals surface area contributed by atoms with E-state index in [1.165, 1.54) is 35.7 Å². The molecule has 2 aromatic heterocycles. The second-order valence-corrected chi connectivity index (χ2v) is 5.09. The molecule has 0 aliphatic carbocycles. The summed E-state index contributed by atoms with van der Waals surface area (Å²) in [5.74, 6) is -0.678. The van der Waals surface area contributed by atoms with Gasteiger partial charge in [0.2, 0.25) is 0 Å². The lowest BCUT2D eigenvalue weighted by Crippen LogP contribution is -2.16. The van der Waals surface area contributed by atoms with E-state index in [-0.39, 0.29) is 11.4 Å². The number of halogens is 3. The highest BCUT2D eigenvalue weighted by atomic mass is 32.1. The lowest BCUT2D eigenvalue weighted by atomic mass is 10.1. The number of para-hydroxylation sites is 1. The van der Waals surface area contributed by atoms with E-state index >= 15 is 0 Å². The molecule has 3 aromatic rings. The second-order valence-electron chi connectivity index (χ2n) is 4.22. The first kappa shape index (κ1) is 13.6. The fourth-order valence-corrected chi connectivity index (χ4v) is 2.56. The van der Waals surface area contributed by atoms with Gasteiger partial charge < -0.3 is 5.32 Å². The van der Waals surface area contributed by atoms with Crippen molar-refractivity contribution in [3.05, 3.63) is 53.3 Å². The SMILES string of the molecule is O=C(Nc1ccccc1C(F)(F)F)c1cn2ccsc2n1. The topological polar surface area (TPSA) is 46.4 Å². The van der Waals surface area contributed by atoms with Crippen LogP contribution in [0.25, 0.3) is 4.96 Å². The zero-order valence-electron chi connectivity index (χ0n) is 10.4. The molecule has 3 rings (SSSR count). The number of alkyl halides is 3. The largest absolute Gasteiger partial charge is 0.418 e. The van der Waals surface area contributed by atoms with Crippen LogP contribution in [-0.4, -0.2) is 15.3 Å². The molecule has 0 bridgehead atoms. The predicted molar refractivity (Wildman–Crippen MR) is 72.5 cm³/mol. The van der Waals surface area contributed by atoms with E-state index in [0.717, 1.165) is 6.07 Å². The number of carbonyl (C=O) groups is 1. The maximum absolute atomic E-state index is 12.8. The molecule has 0 aliphatic heterocycles. The summed E-state index contributed by atoms with van der Waals surface area (Å²) in [4.78, 5) is 16.7. The molecule has 1 aromatic carbocycles. The first-order valence-electron chi connectivity index (χ1n) is 5.85. The van der Waals surface area contributed by atoms with Gasteiger partial charge in [-0.1, -0.05) is 12.1 Å².